The highest BCUT2D eigenvalue weighted by Crippen LogP contribution is 2.37. The third kappa shape index (κ3) is 3.72. The standard InChI is InChI=1S/C19H14BrClN2O3S/c1-2-23-18(24)17(8-11-3-6-15-16(7-11)26-10-25-15)27-19(23)22-12-4-5-13(20)14(21)9-12/h3-9H,2,10H2,1H3/b17-8-,22-19?. The fourth-order valence-corrected chi connectivity index (χ4v) is 4.17. The topological polar surface area (TPSA) is 51.1 Å². The number of amides is 1. The van der Waals surface area contributed by atoms with Gasteiger partial charge in [0.25, 0.3) is 5.91 Å². The van der Waals surface area contributed by atoms with Crippen molar-refractivity contribution in [1.82, 2.24) is 4.90 Å². The van der Waals surface area contributed by atoms with Crippen molar-refractivity contribution in [2.24, 2.45) is 4.99 Å². The second-order valence-corrected chi connectivity index (χ2v) is 8.04. The first-order valence-corrected chi connectivity index (χ1v) is 10.2. The molecule has 0 saturated carbocycles. The third-order valence-corrected chi connectivity index (χ3v) is 6.27. The SMILES string of the molecule is CCN1C(=O)/C(=C/c2ccc3c(c2)OCO3)SC1=Nc1ccc(Br)c(Cl)c1. The average Bonchev–Trinajstić information content (AvgIpc) is 3.22. The molecule has 2 aromatic rings. The van der Waals surface area contributed by atoms with Gasteiger partial charge in [-0.25, -0.2) is 4.99 Å². The van der Waals surface area contributed by atoms with E-state index in [4.69, 9.17) is 21.1 Å². The molecule has 2 aromatic carbocycles. The van der Waals surface area contributed by atoms with Gasteiger partial charge in [0.15, 0.2) is 16.7 Å². The van der Waals surface area contributed by atoms with Crippen LogP contribution in [0.15, 0.2) is 50.8 Å². The molecule has 5 nitrogen and oxygen atoms in total. The quantitative estimate of drug-likeness (QED) is 0.565. The number of aliphatic imine (C=N–C) groups is 1. The van der Waals surface area contributed by atoms with Crippen LogP contribution in [0, 0.1) is 0 Å². The van der Waals surface area contributed by atoms with Gasteiger partial charge in [-0.2, -0.15) is 0 Å². The van der Waals surface area contributed by atoms with Crippen molar-refractivity contribution in [3.63, 3.8) is 0 Å². The number of hydrogen-bond acceptors (Lipinski definition) is 5. The molecule has 8 heteroatoms. The van der Waals surface area contributed by atoms with Crippen LogP contribution in [0.5, 0.6) is 11.5 Å². The Balaban J connectivity index is 1.65. The minimum atomic E-state index is -0.0675. The molecule has 2 aliphatic rings. The number of hydrogen-bond donors (Lipinski definition) is 0. The number of benzene rings is 2. The number of fused-ring (bicyclic) bond motifs is 1. The molecule has 0 bridgehead atoms. The van der Waals surface area contributed by atoms with Crippen molar-refractivity contribution in [2.75, 3.05) is 13.3 Å². The molecule has 0 radical (unpaired) electrons. The fraction of sp³-hybridized carbons (Fsp3) is 0.158. The zero-order valence-electron chi connectivity index (χ0n) is 14.2. The number of carbonyl (C=O) groups excluding carboxylic acids is 1. The van der Waals surface area contributed by atoms with Crippen LogP contribution >= 0.6 is 39.3 Å². The van der Waals surface area contributed by atoms with Gasteiger partial charge in [-0.15, -0.1) is 0 Å². The molecule has 1 saturated heterocycles. The molecule has 2 heterocycles. The van der Waals surface area contributed by atoms with Gasteiger partial charge in [-0.3, -0.25) is 9.69 Å². The molecule has 0 aliphatic carbocycles. The van der Waals surface area contributed by atoms with Crippen LogP contribution in [0.25, 0.3) is 6.08 Å². The van der Waals surface area contributed by atoms with E-state index in [9.17, 15) is 4.79 Å². The van der Waals surface area contributed by atoms with Gasteiger partial charge in [0.2, 0.25) is 6.79 Å². The summed E-state index contributed by atoms with van der Waals surface area (Å²) in [7, 11) is 0. The summed E-state index contributed by atoms with van der Waals surface area (Å²) in [4.78, 5) is 19.6. The predicted molar refractivity (Wildman–Crippen MR) is 112 cm³/mol. The minimum absolute atomic E-state index is 0.0675. The number of halogens is 2. The zero-order valence-corrected chi connectivity index (χ0v) is 17.4. The van der Waals surface area contributed by atoms with Crippen molar-refractivity contribution in [3.05, 3.63) is 56.4 Å². The van der Waals surface area contributed by atoms with Crippen LogP contribution in [0.3, 0.4) is 0 Å². The highest BCUT2D eigenvalue weighted by atomic mass is 79.9. The van der Waals surface area contributed by atoms with Crippen molar-refractivity contribution in [1.29, 1.82) is 0 Å². The number of ether oxygens (including phenoxy) is 2. The van der Waals surface area contributed by atoms with Gasteiger partial charge in [0.1, 0.15) is 0 Å². The number of nitrogens with zero attached hydrogens (tertiary/aromatic N) is 2. The van der Waals surface area contributed by atoms with E-state index in [-0.39, 0.29) is 12.7 Å². The van der Waals surface area contributed by atoms with E-state index < -0.39 is 0 Å². The van der Waals surface area contributed by atoms with E-state index in [0.29, 0.717) is 38.8 Å². The largest absolute Gasteiger partial charge is 0.454 e. The number of rotatable bonds is 3. The fourth-order valence-electron chi connectivity index (χ4n) is 2.69. The Labute approximate surface area is 174 Å². The summed E-state index contributed by atoms with van der Waals surface area (Å²) in [6.45, 7) is 2.68. The number of likely N-dealkylation sites (N-methyl/N-ethyl adjacent to an activating group) is 1. The first-order chi connectivity index (χ1) is 13.0. The lowest BCUT2D eigenvalue weighted by Crippen LogP contribution is -2.28. The summed E-state index contributed by atoms with van der Waals surface area (Å²) in [6.07, 6.45) is 1.84. The van der Waals surface area contributed by atoms with Crippen LogP contribution in [0.1, 0.15) is 12.5 Å². The Bertz CT molecular complexity index is 993. The molecule has 0 unspecified atom stereocenters. The molecule has 4 rings (SSSR count). The lowest BCUT2D eigenvalue weighted by atomic mass is 10.2. The first kappa shape index (κ1) is 18.4. The van der Waals surface area contributed by atoms with Crippen molar-refractivity contribution in [2.45, 2.75) is 6.92 Å². The van der Waals surface area contributed by atoms with E-state index in [1.165, 1.54) is 11.8 Å². The summed E-state index contributed by atoms with van der Waals surface area (Å²) in [5.41, 5.74) is 1.57. The lowest BCUT2D eigenvalue weighted by Gasteiger charge is -2.12. The van der Waals surface area contributed by atoms with Gasteiger partial charge >= 0.3 is 0 Å². The van der Waals surface area contributed by atoms with Gasteiger partial charge in [0, 0.05) is 11.0 Å². The van der Waals surface area contributed by atoms with Gasteiger partial charge in [-0.1, -0.05) is 17.7 Å². The molecule has 0 aromatic heterocycles. The van der Waals surface area contributed by atoms with E-state index >= 15 is 0 Å². The predicted octanol–water partition coefficient (Wildman–Crippen LogP) is 5.46. The van der Waals surface area contributed by atoms with E-state index in [0.717, 1.165) is 10.0 Å². The van der Waals surface area contributed by atoms with Crippen molar-refractivity contribution in [3.8, 4) is 11.5 Å². The third-order valence-electron chi connectivity index (χ3n) is 4.03. The van der Waals surface area contributed by atoms with Gasteiger partial charge < -0.3 is 9.47 Å². The Morgan fingerprint density at radius 1 is 1.26 bits per heavy atom. The van der Waals surface area contributed by atoms with E-state index in [2.05, 4.69) is 20.9 Å². The number of thioether (sulfide) groups is 1. The maximum absolute atomic E-state index is 12.8. The highest BCUT2D eigenvalue weighted by Gasteiger charge is 2.32. The van der Waals surface area contributed by atoms with E-state index in [1.54, 1.807) is 11.0 Å². The Kier molecular flexibility index (Phi) is 5.16. The minimum Gasteiger partial charge on any atom is -0.454 e. The molecule has 27 heavy (non-hydrogen) atoms. The second kappa shape index (κ2) is 7.58. The van der Waals surface area contributed by atoms with Gasteiger partial charge in [-0.05, 0) is 76.6 Å². The first-order valence-electron chi connectivity index (χ1n) is 8.20. The molecule has 1 fully saturated rings. The Hall–Kier alpha value is -1.96. The van der Waals surface area contributed by atoms with Crippen molar-refractivity contribution >= 4 is 62.1 Å². The maximum Gasteiger partial charge on any atom is 0.266 e. The van der Waals surface area contributed by atoms with Crippen LogP contribution in [-0.4, -0.2) is 29.3 Å². The van der Waals surface area contributed by atoms with Crippen LogP contribution < -0.4 is 9.47 Å². The summed E-state index contributed by atoms with van der Waals surface area (Å²) in [5, 5.41) is 1.21. The summed E-state index contributed by atoms with van der Waals surface area (Å²) in [6, 6.07) is 11.0. The number of amidine groups is 1. The highest BCUT2D eigenvalue weighted by molar-refractivity contribution is 9.10. The zero-order chi connectivity index (χ0) is 19.0. The van der Waals surface area contributed by atoms with Crippen LogP contribution in [0.4, 0.5) is 5.69 Å². The smallest absolute Gasteiger partial charge is 0.266 e. The maximum atomic E-state index is 12.8. The van der Waals surface area contributed by atoms with E-state index in [1.807, 2.05) is 43.3 Å². The molecule has 0 atom stereocenters. The average molecular weight is 466 g/mol. The molecule has 138 valence electrons. The summed E-state index contributed by atoms with van der Waals surface area (Å²) in [5.74, 6) is 1.33. The van der Waals surface area contributed by atoms with Crippen LogP contribution in [-0.2, 0) is 4.79 Å². The molecular weight excluding hydrogens is 452 g/mol. The Morgan fingerprint density at radius 2 is 2.07 bits per heavy atom. The monoisotopic (exact) mass is 464 g/mol. The molecule has 1 amide bonds. The molecular formula is C19H14BrClN2O3S. The molecule has 2 aliphatic heterocycles. The lowest BCUT2D eigenvalue weighted by molar-refractivity contribution is -0.122. The normalized spacial score (nSPS) is 18.8. The Morgan fingerprint density at radius 3 is 2.85 bits per heavy atom. The second-order valence-electron chi connectivity index (χ2n) is 5.77. The molecule has 0 N–H and O–H groups in total. The summed E-state index contributed by atoms with van der Waals surface area (Å²) >= 11 is 10.9. The van der Waals surface area contributed by atoms with Crippen LogP contribution in [0.2, 0.25) is 5.02 Å². The molecule has 0 spiro atoms. The summed E-state index contributed by atoms with van der Waals surface area (Å²) < 4.78 is 11.5. The van der Waals surface area contributed by atoms with Crippen molar-refractivity contribution < 1.29 is 14.3 Å². The van der Waals surface area contributed by atoms with Gasteiger partial charge in [0.05, 0.1) is 15.6 Å². The number of carbonyl (C=O) groups is 1.